The summed E-state index contributed by atoms with van der Waals surface area (Å²) in [5.41, 5.74) is 1.63. The van der Waals surface area contributed by atoms with Gasteiger partial charge in [-0.3, -0.25) is 19.4 Å². The zero-order chi connectivity index (χ0) is 22.1. The molecule has 31 heavy (non-hydrogen) atoms. The number of aromatic amines is 1. The largest absolute Gasteiger partial charge is 0.342 e. The van der Waals surface area contributed by atoms with Gasteiger partial charge in [0, 0.05) is 25.2 Å². The molecule has 0 saturated carbocycles. The molecule has 2 atom stereocenters. The van der Waals surface area contributed by atoms with Crippen LogP contribution in [-0.4, -0.2) is 34.9 Å². The van der Waals surface area contributed by atoms with Crippen LogP contribution in [0.15, 0.2) is 29.1 Å². The number of hydrogen-bond donors (Lipinski definition) is 3. The number of rotatable bonds is 4. The molecule has 1 aromatic heterocycles. The van der Waals surface area contributed by atoms with Gasteiger partial charge in [-0.25, -0.2) is 0 Å². The van der Waals surface area contributed by atoms with Crippen LogP contribution >= 0.6 is 0 Å². The van der Waals surface area contributed by atoms with Crippen LogP contribution in [0.2, 0.25) is 0 Å². The topological polar surface area (TPSA) is 107 Å². The van der Waals surface area contributed by atoms with Gasteiger partial charge in [0.25, 0.3) is 5.56 Å². The quantitative estimate of drug-likeness (QED) is 0.700. The molecule has 0 unspecified atom stereocenters. The number of H-pyrrole nitrogens is 1. The number of benzene rings is 1. The van der Waals surface area contributed by atoms with E-state index in [0.717, 1.165) is 25.9 Å². The van der Waals surface area contributed by atoms with Gasteiger partial charge in [-0.05, 0) is 42.4 Å². The lowest BCUT2D eigenvalue weighted by Gasteiger charge is -2.32. The summed E-state index contributed by atoms with van der Waals surface area (Å²) in [6, 6.07) is 7.59. The molecule has 2 aliphatic heterocycles. The zero-order valence-electron chi connectivity index (χ0n) is 18.2. The summed E-state index contributed by atoms with van der Waals surface area (Å²) in [6.45, 7) is 7.97. The second-order valence-corrected chi connectivity index (χ2v) is 8.92. The van der Waals surface area contributed by atoms with Crippen molar-refractivity contribution in [1.82, 2.24) is 9.97 Å². The number of carbonyl (C=O) groups excluding carboxylic acids is 2. The van der Waals surface area contributed by atoms with Crippen molar-refractivity contribution >= 4 is 29.3 Å². The standard InChI is InChI=1S/C23H29N5O3/c1-13(2)15-6-8-16(9-7-15)24-21(30)17-11-18(29)25-20-19(17)22(31)27-23(26-20)28-10-4-5-14(3)12-28/h6-9,13-14,17H,4-5,10-12H2,1-3H3,(H,24,30)(H2,25,26,27,29,31)/t14-,17-/m1/s1. The summed E-state index contributed by atoms with van der Waals surface area (Å²) < 4.78 is 0. The summed E-state index contributed by atoms with van der Waals surface area (Å²) in [6.07, 6.45) is 2.07. The van der Waals surface area contributed by atoms with Crippen molar-refractivity contribution in [2.75, 3.05) is 28.6 Å². The lowest BCUT2D eigenvalue weighted by Crippen LogP contribution is -2.40. The Labute approximate surface area is 181 Å². The fourth-order valence-corrected chi connectivity index (χ4v) is 4.30. The summed E-state index contributed by atoms with van der Waals surface area (Å²) in [4.78, 5) is 47.6. The fourth-order valence-electron chi connectivity index (χ4n) is 4.30. The molecular weight excluding hydrogens is 394 g/mol. The Hall–Kier alpha value is -3.16. The minimum absolute atomic E-state index is 0.0895. The smallest absolute Gasteiger partial charge is 0.258 e. The van der Waals surface area contributed by atoms with Gasteiger partial charge in [0.05, 0.1) is 11.5 Å². The number of piperidine rings is 1. The van der Waals surface area contributed by atoms with Crippen LogP contribution in [0.1, 0.15) is 63.0 Å². The summed E-state index contributed by atoms with van der Waals surface area (Å²) in [5.74, 6) is -0.0758. The number of nitrogens with zero attached hydrogens (tertiary/aromatic N) is 2. The van der Waals surface area contributed by atoms with Crippen molar-refractivity contribution in [3.63, 3.8) is 0 Å². The molecule has 1 fully saturated rings. The molecule has 2 aromatic rings. The van der Waals surface area contributed by atoms with Crippen molar-refractivity contribution < 1.29 is 9.59 Å². The van der Waals surface area contributed by atoms with E-state index in [0.29, 0.717) is 23.5 Å². The van der Waals surface area contributed by atoms with Gasteiger partial charge in [-0.2, -0.15) is 4.98 Å². The maximum atomic E-state index is 13.0. The molecule has 8 heteroatoms. The lowest BCUT2D eigenvalue weighted by atomic mass is 9.92. The number of anilines is 3. The molecule has 0 radical (unpaired) electrons. The van der Waals surface area contributed by atoms with E-state index in [9.17, 15) is 14.4 Å². The van der Waals surface area contributed by atoms with Crippen LogP contribution < -0.4 is 21.1 Å². The van der Waals surface area contributed by atoms with E-state index in [2.05, 4.69) is 41.4 Å². The number of carbonyl (C=O) groups is 2. The minimum Gasteiger partial charge on any atom is -0.342 e. The number of hydrogen-bond acceptors (Lipinski definition) is 5. The number of fused-ring (bicyclic) bond motifs is 1. The van der Waals surface area contributed by atoms with Crippen LogP contribution in [0.4, 0.5) is 17.5 Å². The first-order valence-corrected chi connectivity index (χ1v) is 10.9. The van der Waals surface area contributed by atoms with Gasteiger partial charge in [-0.1, -0.05) is 32.9 Å². The number of aromatic nitrogens is 2. The highest BCUT2D eigenvalue weighted by atomic mass is 16.2. The Balaban J connectivity index is 1.60. The van der Waals surface area contributed by atoms with Gasteiger partial charge in [0.2, 0.25) is 17.8 Å². The third kappa shape index (κ3) is 4.47. The molecule has 2 amide bonds. The Morgan fingerprint density at radius 3 is 2.65 bits per heavy atom. The van der Waals surface area contributed by atoms with Crippen LogP contribution in [0.5, 0.6) is 0 Å². The van der Waals surface area contributed by atoms with Gasteiger partial charge < -0.3 is 15.5 Å². The molecule has 2 aliphatic rings. The molecule has 3 N–H and O–H groups in total. The highest BCUT2D eigenvalue weighted by Gasteiger charge is 2.35. The van der Waals surface area contributed by atoms with Crippen LogP contribution in [0.25, 0.3) is 0 Å². The molecule has 1 aromatic carbocycles. The monoisotopic (exact) mass is 423 g/mol. The SMILES string of the molecule is CC(C)c1ccc(NC(=O)[C@@H]2CC(=O)Nc3nc(N4CCC[C@@H](C)C4)[nH]c(=O)c32)cc1. The van der Waals surface area contributed by atoms with Gasteiger partial charge in [-0.15, -0.1) is 0 Å². The van der Waals surface area contributed by atoms with Crippen molar-refractivity contribution in [2.45, 2.75) is 51.9 Å². The average Bonchev–Trinajstić information content (AvgIpc) is 2.73. The zero-order valence-corrected chi connectivity index (χ0v) is 18.2. The first kappa shape index (κ1) is 21.1. The van der Waals surface area contributed by atoms with E-state index in [4.69, 9.17) is 0 Å². The lowest BCUT2D eigenvalue weighted by molar-refractivity contribution is -0.123. The van der Waals surface area contributed by atoms with Crippen LogP contribution in [0.3, 0.4) is 0 Å². The molecular formula is C23H29N5O3. The van der Waals surface area contributed by atoms with E-state index in [1.807, 2.05) is 29.2 Å². The molecule has 0 bridgehead atoms. The van der Waals surface area contributed by atoms with Crippen molar-refractivity contribution in [3.8, 4) is 0 Å². The average molecular weight is 424 g/mol. The Morgan fingerprint density at radius 1 is 1.23 bits per heavy atom. The Bertz CT molecular complexity index is 1040. The predicted octanol–water partition coefficient (Wildman–Crippen LogP) is 3.19. The van der Waals surface area contributed by atoms with Crippen LogP contribution in [0, 0.1) is 5.92 Å². The molecule has 0 aliphatic carbocycles. The molecule has 4 rings (SSSR count). The van der Waals surface area contributed by atoms with E-state index in [1.54, 1.807) is 0 Å². The summed E-state index contributed by atoms with van der Waals surface area (Å²) in [5, 5.41) is 5.52. The maximum absolute atomic E-state index is 13.0. The second-order valence-electron chi connectivity index (χ2n) is 8.92. The highest BCUT2D eigenvalue weighted by molar-refractivity contribution is 6.04. The second kappa shape index (κ2) is 8.53. The molecule has 0 spiro atoms. The van der Waals surface area contributed by atoms with Crippen molar-refractivity contribution in [2.24, 2.45) is 5.92 Å². The van der Waals surface area contributed by atoms with Gasteiger partial charge in [0.1, 0.15) is 5.82 Å². The molecule has 3 heterocycles. The Morgan fingerprint density at radius 2 is 1.97 bits per heavy atom. The number of amides is 2. The third-order valence-electron chi connectivity index (χ3n) is 6.06. The van der Waals surface area contributed by atoms with Gasteiger partial charge in [0.15, 0.2) is 0 Å². The maximum Gasteiger partial charge on any atom is 0.258 e. The summed E-state index contributed by atoms with van der Waals surface area (Å²) >= 11 is 0. The molecule has 8 nitrogen and oxygen atoms in total. The summed E-state index contributed by atoms with van der Waals surface area (Å²) in [7, 11) is 0. The first-order chi connectivity index (χ1) is 14.8. The minimum atomic E-state index is -0.890. The van der Waals surface area contributed by atoms with E-state index in [-0.39, 0.29) is 35.2 Å². The van der Waals surface area contributed by atoms with Crippen molar-refractivity contribution in [3.05, 3.63) is 45.7 Å². The van der Waals surface area contributed by atoms with E-state index < -0.39 is 5.92 Å². The Kier molecular flexibility index (Phi) is 5.80. The first-order valence-electron chi connectivity index (χ1n) is 10.9. The predicted molar refractivity (Wildman–Crippen MR) is 121 cm³/mol. The van der Waals surface area contributed by atoms with Gasteiger partial charge >= 0.3 is 0 Å². The van der Waals surface area contributed by atoms with Crippen molar-refractivity contribution in [1.29, 1.82) is 0 Å². The normalized spacial score (nSPS) is 20.9. The van der Waals surface area contributed by atoms with Crippen LogP contribution in [-0.2, 0) is 9.59 Å². The van der Waals surface area contributed by atoms with E-state index in [1.165, 1.54) is 5.56 Å². The fraction of sp³-hybridized carbons (Fsp3) is 0.478. The number of nitrogens with one attached hydrogen (secondary N) is 3. The molecule has 1 saturated heterocycles. The van der Waals surface area contributed by atoms with E-state index >= 15 is 0 Å². The molecule has 164 valence electrons. The highest BCUT2D eigenvalue weighted by Crippen LogP contribution is 2.31. The third-order valence-corrected chi connectivity index (χ3v) is 6.06.